The molecule has 0 spiro atoms. The van der Waals surface area contributed by atoms with Crippen LogP contribution in [-0.4, -0.2) is 4.57 Å². The van der Waals surface area contributed by atoms with Crippen molar-refractivity contribution in [2.24, 2.45) is 0 Å². The second-order valence-electron chi connectivity index (χ2n) is 9.30. The van der Waals surface area contributed by atoms with E-state index in [1.54, 1.807) is 0 Å². The van der Waals surface area contributed by atoms with Crippen molar-refractivity contribution < 1.29 is 0 Å². The van der Waals surface area contributed by atoms with E-state index in [1.807, 2.05) is 0 Å². The van der Waals surface area contributed by atoms with Gasteiger partial charge in [0, 0.05) is 33.5 Å². The summed E-state index contributed by atoms with van der Waals surface area (Å²) in [6.07, 6.45) is 0. The molecule has 1 aromatic heterocycles. The molecule has 0 N–H and O–H groups in total. The third-order valence-corrected chi connectivity index (χ3v) is 6.78. The highest BCUT2D eigenvalue weighted by Gasteiger charge is 2.15. The molecule has 0 fully saturated rings. The van der Waals surface area contributed by atoms with Gasteiger partial charge < -0.3 is 9.47 Å². The third kappa shape index (κ3) is 3.77. The van der Waals surface area contributed by atoms with Crippen LogP contribution in [0.3, 0.4) is 0 Å². The van der Waals surface area contributed by atoms with Crippen molar-refractivity contribution in [3.05, 3.63) is 133 Å². The minimum Gasteiger partial charge on any atom is -0.311 e. The van der Waals surface area contributed by atoms with Crippen LogP contribution in [0.5, 0.6) is 0 Å². The van der Waals surface area contributed by atoms with Gasteiger partial charge in [-0.25, -0.2) is 0 Å². The van der Waals surface area contributed by atoms with E-state index in [4.69, 9.17) is 0 Å². The Hall–Kier alpha value is -4.30. The van der Waals surface area contributed by atoms with Gasteiger partial charge in [0.05, 0.1) is 11.0 Å². The predicted octanol–water partition coefficient (Wildman–Crippen LogP) is 9.38. The minimum absolute atomic E-state index is 0.514. The van der Waals surface area contributed by atoms with Crippen LogP contribution in [-0.2, 0) is 0 Å². The van der Waals surface area contributed by atoms with Crippen LogP contribution in [0.15, 0.2) is 127 Å². The highest BCUT2D eigenvalue weighted by Crippen LogP contribution is 2.37. The molecule has 0 bridgehead atoms. The first kappa shape index (κ1) is 21.2. The van der Waals surface area contributed by atoms with Gasteiger partial charge in [0.2, 0.25) is 0 Å². The number of benzene rings is 5. The fraction of sp³-hybridized carbons (Fsp3) is 0.0909. The van der Waals surface area contributed by atoms with Gasteiger partial charge in [-0.05, 0) is 72.1 Å². The van der Waals surface area contributed by atoms with Crippen molar-refractivity contribution in [1.29, 1.82) is 0 Å². The van der Waals surface area contributed by atoms with Gasteiger partial charge in [0.1, 0.15) is 0 Å². The molecule has 0 saturated heterocycles. The molecule has 0 aliphatic carbocycles. The Labute approximate surface area is 206 Å². The summed E-state index contributed by atoms with van der Waals surface area (Å²) < 4.78 is 2.36. The zero-order valence-electron chi connectivity index (χ0n) is 20.1. The quantitative estimate of drug-likeness (QED) is 0.253. The maximum Gasteiger partial charge on any atom is 0.0541 e. The number of aromatic nitrogens is 1. The first-order chi connectivity index (χ1) is 17.2. The number of para-hydroxylation sites is 3. The van der Waals surface area contributed by atoms with Crippen molar-refractivity contribution in [3.63, 3.8) is 0 Å². The standard InChI is InChI=1S/C33H28N2/c1-24(2)25-16-18-27(19-17-25)34(26-10-4-3-5-11-26)28-20-22-29(23-21-28)35-32-14-8-6-12-30(32)31-13-7-9-15-33(31)35/h3-24H,1-2H3. The van der Waals surface area contributed by atoms with Gasteiger partial charge in [-0.3, -0.25) is 0 Å². The molecular formula is C33H28N2. The molecule has 6 rings (SSSR count). The molecule has 1 heterocycles. The van der Waals surface area contributed by atoms with Crippen LogP contribution in [0.1, 0.15) is 25.3 Å². The van der Waals surface area contributed by atoms with Crippen molar-refractivity contribution in [2.45, 2.75) is 19.8 Å². The first-order valence-corrected chi connectivity index (χ1v) is 12.2. The molecule has 0 saturated carbocycles. The van der Waals surface area contributed by atoms with Gasteiger partial charge >= 0.3 is 0 Å². The van der Waals surface area contributed by atoms with Gasteiger partial charge in [-0.1, -0.05) is 80.6 Å². The summed E-state index contributed by atoms with van der Waals surface area (Å²) in [7, 11) is 0. The zero-order valence-corrected chi connectivity index (χ0v) is 20.1. The maximum atomic E-state index is 2.36. The van der Waals surface area contributed by atoms with E-state index in [9.17, 15) is 0 Å². The number of fused-ring (bicyclic) bond motifs is 3. The van der Waals surface area contributed by atoms with Crippen LogP contribution < -0.4 is 4.90 Å². The number of nitrogens with zero attached hydrogens (tertiary/aromatic N) is 2. The molecule has 170 valence electrons. The molecule has 35 heavy (non-hydrogen) atoms. The Morgan fingerprint density at radius 1 is 0.486 bits per heavy atom. The average molecular weight is 453 g/mol. The Kier molecular flexibility index (Phi) is 5.35. The van der Waals surface area contributed by atoms with E-state index in [2.05, 4.69) is 151 Å². The van der Waals surface area contributed by atoms with Crippen molar-refractivity contribution in [2.75, 3.05) is 4.90 Å². The smallest absolute Gasteiger partial charge is 0.0541 e. The van der Waals surface area contributed by atoms with Gasteiger partial charge in [0.15, 0.2) is 0 Å². The molecule has 5 aromatic carbocycles. The fourth-order valence-electron chi connectivity index (χ4n) is 4.98. The monoisotopic (exact) mass is 452 g/mol. The largest absolute Gasteiger partial charge is 0.311 e. The lowest BCUT2D eigenvalue weighted by Gasteiger charge is -2.26. The van der Waals surface area contributed by atoms with E-state index in [-0.39, 0.29) is 0 Å². The lowest BCUT2D eigenvalue weighted by atomic mass is 10.0. The van der Waals surface area contributed by atoms with Crippen LogP contribution >= 0.6 is 0 Å². The zero-order chi connectivity index (χ0) is 23.8. The summed E-state index contributed by atoms with van der Waals surface area (Å²) in [6, 6.07) is 45.7. The van der Waals surface area contributed by atoms with Crippen LogP contribution in [0.4, 0.5) is 17.1 Å². The molecule has 0 atom stereocenters. The molecule has 2 heteroatoms. The molecule has 6 aromatic rings. The van der Waals surface area contributed by atoms with Gasteiger partial charge in [-0.15, -0.1) is 0 Å². The molecule has 0 amide bonds. The number of anilines is 3. The summed E-state index contributed by atoms with van der Waals surface area (Å²) in [5.41, 5.74) is 8.41. The van der Waals surface area contributed by atoms with Crippen molar-refractivity contribution in [1.82, 2.24) is 4.57 Å². The summed E-state index contributed by atoms with van der Waals surface area (Å²) in [4.78, 5) is 2.32. The Bertz CT molecular complexity index is 1540. The predicted molar refractivity (Wildman–Crippen MR) is 150 cm³/mol. The lowest BCUT2D eigenvalue weighted by molar-refractivity contribution is 0.866. The number of rotatable bonds is 5. The van der Waals surface area contributed by atoms with E-state index in [0.717, 1.165) is 22.7 Å². The van der Waals surface area contributed by atoms with Crippen LogP contribution in [0.2, 0.25) is 0 Å². The summed E-state index contributed by atoms with van der Waals surface area (Å²) in [5, 5.41) is 2.56. The topological polar surface area (TPSA) is 8.17 Å². The van der Waals surface area contributed by atoms with Gasteiger partial charge in [-0.2, -0.15) is 0 Å². The van der Waals surface area contributed by atoms with Gasteiger partial charge in [0.25, 0.3) is 0 Å². The number of hydrogen-bond donors (Lipinski definition) is 0. The van der Waals surface area contributed by atoms with Crippen LogP contribution in [0.25, 0.3) is 27.5 Å². The van der Waals surface area contributed by atoms with Crippen LogP contribution in [0, 0.1) is 0 Å². The fourth-order valence-corrected chi connectivity index (χ4v) is 4.98. The summed E-state index contributed by atoms with van der Waals surface area (Å²) in [6.45, 7) is 4.47. The highest BCUT2D eigenvalue weighted by atomic mass is 15.1. The summed E-state index contributed by atoms with van der Waals surface area (Å²) >= 11 is 0. The van der Waals surface area contributed by atoms with Crippen molar-refractivity contribution in [3.8, 4) is 5.69 Å². The second-order valence-corrected chi connectivity index (χ2v) is 9.30. The third-order valence-electron chi connectivity index (χ3n) is 6.78. The van der Waals surface area contributed by atoms with E-state index in [0.29, 0.717) is 5.92 Å². The Morgan fingerprint density at radius 2 is 0.943 bits per heavy atom. The minimum atomic E-state index is 0.514. The SMILES string of the molecule is CC(C)c1ccc(N(c2ccccc2)c2ccc(-n3c4ccccc4c4ccccc43)cc2)cc1. The molecule has 0 aliphatic heterocycles. The first-order valence-electron chi connectivity index (χ1n) is 12.2. The van der Waals surface area contributed by atoms with E-state index < -0.39 is 0 Å². The van der Waals surface area contributed by atoms with E-state index in [1.165, 1.54) is 27.4 Å². The molecule has 2 nitrogen and oxygen atoms in total. The molecule has 0 unspecified atom stereocenters. The average Bonchev–Trinajstić information content (AvgIpc) is 3.25. The lowest BCUT2D eigenvalue weighted by Crippen LogP contribution is -2.10. The second kappa shape index (κ2) is 8.81. The highest BCUT2D eigenvalue weighted by molar-refractivity contribution is 6.09. The Balaban J connectivity index is 1.47. The maximum absolute atomic E-state index is 2.36. The Morgan fingerprint density at radius 3 is 1.49 bits per heavy atom. The molecule has 0 aliphatic rings. The van der Waals surface area contributed by atoms with Crippen molar-refractivity contribution >= 4 is 38.9 Å². The molecular weight excluding hydrogens is 424 g/mol. The number of hydrogen-bond acceptors (Lipinski definition) is 1. The molecule has 0 radical (unpaired) electrons. The van der Waals surface area contributed by atoms with E-state index >= 15 is 0 Å². The normalized spacial score (nSPS) is 11.4. The summed E-state index contributed by atoms with van der Waals surface area (Å²) in [5.74, 6) is 0.514.